The molecule has 8 heteroatoms. The molecule has 1 aliphatic heterocycles. The summed E-state index contributed by atoms with van der Waals surface area (Å²) in [7, 11) is 0. The van der Waals surface area contributed by atoms with Crippen molar-refractivity contribution in [2.45, 2.75) is 0 Å². The van der Waals surface area contributed by atoms with Gasteiger partial charge < -0.3 is 10.8 Å². The molecule has 7 nitrogen and oxygen atoms in total. The molecule has 0 bridgehead atoms. The minimum absolute atomic E-state index is 0.0438. The molecule has 0 atom stereocenters. The smallest absolute Gasteiger partial charge is 0.175 e. The topological polar surface area (TPSA) is 110 Å². The summed E-state index contributed by atoms with van der Waals surface area (Å²) < 4.78 is 13.4. The SMILES string of the molecule is N=C1/C(=N\Nc2ccccc2F)C(N)=NN1CCO. The summed E-state index contributed by atoms with van der Waals surface area (Å²) in [4.78, 5) is 0. The summed E-state index contributed by atoms with van der Waals surface area (Å²) in [5.74, 6) is -0.461. The van der Waals surface area contributed by atoms with Crippen LogP contribution < -0.4 is 11.2 Å². The van der Waals surface area contributed by atoms with Gasteiger partial charge in [0, 0.05) is 0 Å². The molecule has 0 fully saturated rings. The zero-order valence-electron chi connectivity index (χ0n) is 9.97. The lowest BCUT2D eigenvalue weighted by molar-refractivity contribution is 0.255. The lowest BCUT2D eigenvalue weighted by Gasteiger charge is -2.10. The van der Waals surface area contributed by atoms with Gasteiger partial charge in [0.2, 0.25) is 0 Å². The summed E-state index contributed by atoms with van der Waals surface area (Å²) in [5.41, 5.74) is 8.40. The maximum atomic E-state index is 13.4. The molecule has 2 rings (SSSR count). The second-order valence-electron chi connectivity index (χ2n) is 3.73. The Bertz CT molecular complexity index is 556. The highest BCUT2D eigenvalue weighted by Gasteiger charge is 2.26. The first-order valence-corrected chi connectivity index (χ1v) is 5.53. The number of benzene rings is 1. The summed E-state index contributed by atoms with van der Waals surface area (Å²) in [6, 6.07) is 6.01. The van der Waals surface area contributed by atoms with Gasteiger partial charge in [0.1, 0.15) is 5.82 Å². The van der Waals surface area contributed by atoms with Crippen LogP contribution >= 0.6 is 0 Å². The van der Waals surface area contributed by atoms with E-state index in [0.717, 1.165) is 0 Å². The van der Waals surface area contributed by atoms with Crippen LogP contribution in [0.5, 0.6) is 0 Å². The van der Waals surface area contributed by atoms with Crippen LogP contribution in [0.2, 0.25) is 0 Å². The van der Waals surface area contributed by atoms with E-state index in [2.05, 4.69) is 15.6 Å². The number of hydrogen-bond donors (Lipinski definition) is 4. The van der Waals surface area contributed by atoms with E-state index in [-0.39, 0.29) is 36.2 Å². The number of halogens is 1. The third-order valence-corrected chi connectivity index (χ3v) is 2.43. The van der Waals surface area contributed by atoms with Crippen molar-refractivity contribution in [3.8, 4) is 0 Å². The zero-order valence-corrected chi connectivity index (χ0v) is 9.97. The number of hydrazone groups is 2. The molecule has 0 aliphatic carbocycles. The quantitative estimate of drug-likeness (QED) is 0.580. The monoisotopic (exact) mass is 264 g/mol. The molecule has 0 spiro atoms. The highest BCUT2D eigenvalue weighted by atomic mass is 19.1. The van der Waals surface area contributed by atoms with Crippen molar-refractivity contribution in [1.82, 2.24) is 5.01 Å². The predicted octanol–water partition coefficient (Wildman–Crippen LogP) is 0.151. The van der Waals surface area contributed by atoms with E-state index in [1.807, 2.05) is 0 Å². The molecule has 1 heterocycles. The third kappa shape index (κ3) is 2.68. The van der Waals surface area contributed by atoms with E-state index in [1.165, 1.54) is 17.1 Å². The van der Waals surface area contributed by atoms with Gasteiger partial charge in [0.05, 0.1) is 18.8 Å². The Morgan fingerprint density at radius 2 is 2.21 bits per heavy atom. The minimum Gasteiger partial charge on any atom is -0.394 e. The van der Waals surface area contributed by atoms with Crippen LogP contribution in [0.4, 0.5) is 10.1 Å². The van der Waals surface area contributed by atoms with Gasteiger partial charge in [-0.2, -0.15) is 10.2 Å². The fourth-order valence-corrected chi connectivity index (χ4v) is 1.51. The van der Waals surface area contributed by atoms with Gasteiger partial charge in [-0.25, -0.2) is 9.40 Å². The molecule has 0 radical (unpaired) electrons. The van der Waals surface area contributed by atoms with Crippen molar-refractivity contribution in [2.75, 3.05) is 18.6 Å². The Kier molecular flexibility index (Phi) is 3.71. The van der Waals surface area contributed by atoms with E-state index in [0.29, 0.717) is 0 Å². The standard InChI is InChI=1S/C11H13FN6O/c12-7-3-1-2-4-8(7)15-16-9-10(13)17-18(5-6-19)11(9)14/h1-4,14-15,19H,5-6H2,(H2,13,17)/b14-11?,16-9-. The number of para-hydroxylation sites is 1. The number of aliphatic hydroxyl groups is 1. The molecule has 1 aliphatic rings. The Morgan fingerprint density at radius 3 is 2.89 bits per heavy atom. The van der Waals surface area contributed by atoms with E-state index in [9.17, 15) is 4.39 Å². The van der Waals surface area contributed by atoms with Crippen molar-refractivity contribution < 1.29 is 9.50 Å². The number of aliphatic hydroxyl groups excluding tert-OH is 1. The largest absolute Gasteiger partial charge is 0.394 e. The minimum atomic E-state index is -0.459. The van der Waals surface area contributed by atoms with Gasteiger partial charge in [0.15, 0.2) is 17.4 Å². The number of anilines is 1. The number of nitrogens with two attached hydrogens (primary N) is 1. The van der Waals surface area contributed by atoms with Crippen molar-refractivity contribution in [1.29, 1.82) is 5.41 Å². The van der Waals surface area contributed by atoms with Crippen molar-refractivity contribution >= 4 is 23.1 Å². The molecule has 0 unspecified atom stereocenters. The lowest BCUT2D eigenvalue weighted by atomic mass is 10.3. The lowest BCUT2D eigenvalue weighted by Crippen LogP contribution is -2.31. The number of rotatable bonds is 4. The van der Waals surface area contributed by atoms with Crippen molar-refractivity contribution in [3.63, 3.8) is 0 Å². The fourth-order valence-electron chi connectivity index (χ4n) is 1.51. The molecular formula is C11H13FN6O. The first kappa shape index (κ1) is 13.0. The van der Waals surface area contributed by atoms with Gasteiger partial charge in [-0.15, -0.1) is 0 Å². The van der Waals surface area contributed by atoms with Crippen LogP contribution in [0, 0.1) is 11.2 Å². The summed E-state index contributed by atoms with van der Waals surface area (Å²) in [5, 5.41) is 25.5. The average Bonchev–Trinajstić information content (AvgIpc) is 2.65. The molecule has 5 N–H and O–H groups in total. The first-order valence-electron chi connectivity index (χ1n) is 5.53. The van der Waals surface area contributed by atoms with E-state index in [1.54, 1.807) is 12.1 Å². The van der Waals surface area contributed by atoms with Crippen LogP contribution in [0.1, 0.15) is 0 Å². The van der Waals surface area contributed by atoms with E-state index < -0.39 is 5.82 Å². The van der Waals surface area contributed by atoms with E-state index in [4.69, 9.17) is 16.2 Å². The Labute approximate surface area is 108 Å². The molecule has 1 aromatic rings. The Balaban J connectivity index is 2.15. The zero-order chi connectivity index (χ0) is 13.8. The maximum Gasteiger partial charge on any atom is 0.175 e. The summed E-state index contributed by atoms with van der Waals surface area (Å²) in [6.07, 6.45) is 0. The fraction of sp³-hybridized carbons (Fsp3) is 0.182. The Hall–Kier alpha value is -2.48. The van der Waals surface area contributed by atoms with Gasteiger partial charge in [-0.1, -0.05) is 12.1 Å². The highest BCUT2D eigenvalue weighted by molar-refractivity contribution is 6.68. The molecule has 100 valence electrons. The van der Waals surface area contributed by atoms with Crippen molar-refractivity contribution in [2.24, 2.45) is 15.9 Å². The number of nitrogens with zero attached hydrogens (tertiary/aromatic N) is 3. The number of β-amino-alcohol motifs (C(OH)–C–C–N with tert-alkyl or cyclic N) is 1. The third-order valence-electron chi connectivity index (χ3n) is 2.43. The van der Waals surface area contributed by atoms with Crippen LogP contribution in [0.25, 0.3) is 0 Å². The molecular weight excluding hydrogens is 251 g/mol. The second-order valence-corrected chi connectivity index (χ2v) is 3.73. The first-order chi connectivity index (χ1) is 9.13. The number of hydrogen-bond acceptors (Lipinski definition) is 6. The number of nitrogens with one attached hydrogen (secondary N) is 2. The molecule has 0 aromatic heterocycles. The average molecular weight is 264 g/mol. The summed E-state index contributed by atoms with van der Waals surface area (Å²) >= 11 is 0. The van der Waals surface area contributed by atoms with Gasteiger partial charge in [0.25, 0.3) is 0 Å². The van der Waals surface area contributed by atoms with Gasteiger partial charge in [-0.05, 0) is 12.1 Å². The Morgan fingerprint density at radius 1 is 1.47 bits per heavy atom. The highest BCUT2D eigenvalue weighted by Crippen LogP contribution is 2.13. The van der Waals surface area contributed by atoms with Crippen LogP contribution in [0.3, 0.4) is 0 Å². The molecule has 0 saturated carbocycles. The van der Waals surface area contributed by atoms with Gasteiger partial charge >= 0.3 is 0 Å². The molecule has 19 heavy (non-hydrogen) atoms. The van der Waals surface area contributed by atoms with Crippen molar-refractivity contribution in [3.05, 3.63) is 30.1 Å². The number of amidine groups is 2. The second kappa shape index (κ2) is 5.44. The normalized spacial score (nSPS) is 16.9. The van der Waals surface area contributed by atoms with Gasteiger partial charge in [-0.3, -0.25) is 10.8 Å². The molecule has 0 saturated heterocycles. The molecule has 1 aromatic carbocycles. The van der Waals surface area contributed by atoms with Crippen LogP contribution in [0.15, 0.2) is 34.5 Å². The van der Waals surface area contributed by atoms with Crippen LogP contribution in [-0.4, -0.2) is 40.7 Å². The molecule has 0 amide bonds. The van der Waals surface area contributed by atoms with Crippen LogP contribution in [-0.2, 0) is 0 Å². The predicted molar refractivity (Wildman–Crippen MR) is 70.6 cm³/mol. The summed E-state index contributed by atoms with van der Waals surface area (Å²) in [6.45, 7) is -0.00850. The maximum absolute atomic E-state index is 13.4. The van der Waals surface area contributed by atoms with E-state index >= 15 is 0 Å².